The third-order valence-corrected chi connectivity index (χ3v) is 6.83. The third-order valence-electron chi connectivity index (χ3n) is 5.08. The van der Waals surface area contributed by atoms with Crippen LogP contribution in [0.4, 0.5) is 5.82 Å². The summed E-state index contributed by atoms with van der Waals surface area (Å²) in [6, 6.07) is -0.0806. The lowest BCUT2D eigenvalue weighted by Gasteiger charge is -2.33. The first-order valence-electron chi connectivity index (χ1n) is 8.66. The zero-order valence-corrected chi connectivity index (χ0v) is 15.6. The van der Waals surface area contributed by atoms with Crippen LogP contribution < -0.4 is 4.90 Å². The predicted octanol–water partition coefficient (Wildman–Crippen LogP) is -0.122. The van der Waals surface area contributed by atoms with E-state index >= 15 is 0 Å². The summed E-state index contributed by atoms with van der Waals surface area (Å²) in [6.45, 7) is 6.29. The molecule has 0 N–H and O–H groups in total. The average molecular weight is 367 g/mol. The van der Waals surface area contributed by atoms with Gasteiger partial charge in [0.1, 0.15) is 11.5 Å². The van der Waals surface area contributed by atoms with Gasteiger partial charge in [0, 0.05) is 39.3 Å². The monoisotopic (exact) mass is 367 g/mol. The molecule has 138 valence electrons. The Morgan fingerprint density at radius 3 is 2.48 bits per heavy atom. The fraction of sp³-hybridized carbons (Fsp3) is 0.688. The summed E-state index contributed by atoms with van der Waals surface area (Å²) in [5.41, 5.74) is 0.334. The molecule has 2 aliphatic rings. The maximum atomic E-state index is 12.5. The minimum absolute atomic E-state index is 0.0806. The highest BCUT2D eigenvalue weighted by atomic mass is 32.2. The van der Waals surface area contributed by atoms with E-state index in [2.05, 4.69) is 21.8 Å². The Hall–Kier alpha value is -1.74. The number of piperazine rings is 1. The van der Waals surface area contributed by atoms with Crippen LogP contribution in [-0.4, -0.2) is 91.4 Å². The lowest BCUT2D eigenvalue weighted by Crippen LogP contribution is -2.48. The summed E-state index contributed by atoms with van der Waals surface area (Å²) in [5, 5.41) is 0. The van der Waals surface area contributed by atoms with E-state index < -0.39 is 9.84 Å². The lowest BCUT2D eigenvalue weighted by atomic mass is 10.2. The van der Waals surface area contributed by atoms with E-state index in [1.807, 2.05) is 16.8 Å². The standard InChI is InChI=1S/C16H25N5O3S/c1-3-20-5-7-21(8-6-20)16(22)14-10-18-15(11-17-14)19(2)13-4-9-25(23,24)12-13/h10-11,13H,3-9,12H2,1-2H3. The molecule has 2 aliphatic heterocycles. The molecule has 0 aromatic carbocycles. The van der Waals surface area contributed by atoms with Crippen molar-refractivity contribution in [2.24, 2.45) is 0 Å². The van der Waals surface area contributed by atoms with E-state index in [-0.39, 0.29) is 23.5 Å². The number of carbonyl (C=O) groups is 1. The molecule has 8 nitrogen and oxygen atoms in total. The van der Waals surface area contributed by atoms with Gasteiger partial charge in [-0.1, -0.05) is 6.92 Å². The van der Waals surface area contributed by atoms with Gasteiger partial charge in [0.15, 0.2) is 9.84 Å². The minimum atomic E-state index is -2.95. The van der Waals surface area contributed by atoms with Crippen molar-refractivity contribution < 1.29 is 13.2 Å². The molecule has 3 rings (SSSR count). The largest absolute Gasteiger partial charge is 0.354 e. The van der Waals surface area contributed by atoms with Crippen molar-refractivity contribution in [3.8, 4) is 0 Å². The third kappa shape index (κ3) is 4.09. The van der Waals surface area contributed by atoms with Crippen molar-refractivity contribution in [2.75, 3.05) is 56.2 Å². The van der Waals surface area contributed by atoms with Crippen molar-refractivity contribution in [3.63, 3.8) is 0 Å². The number of aromatic nitrogens is 2. The van der Waals surface area contributed by atoms with Gasteiger partial charge in [-0.05, 0) is 13.0 Å². The number of likely N-dealkylation sites (N-methyl/N-ethyl adjacent to an activating group) is 1. The Balaban J connectivity index is 1.63. The van der Waals surface area contributed by atoms with E-state index in [0.29, 0.717) is 31.0 Å². The van der Waals surface area contributed by atoms with Crippen LogP contribution in [0.15, 0.2) is 12.4 Å². The number of sulfone groups is 1. The second-order valence-corrected chi connectivity index (χ2v) is 8.88. The molecule has 25 heavy (non-hydrogen) atoms. The molecular formula is C16H25N5O3S. The molecular weight excluding hydrogens is 342 g/mol. The molecule has 0 spiro atoms. The second kappa shape index (κ2) is 7.25. The van der Waals surface area contributed by atoms with Gasteiger partial charge in [-0.3, -0.25) is 4.79 Å². The Morgan fingerprint density at radius 2 is 1.96 bits per heavy atom. The Labute approximate surface area is 148 Å². The average Bonchev–Trinajstić information content (AvgIpc) is 3.00. The molecule has 0 aliphatic carbocycles. The molecule has 1 aromatic rings. The Morgan fingerprint density at radius 1 is 1.24 bits per heavy atom. The molecule has 9 heteroatoms. The van der Waals surface area contributed by atoms with E-state index in [4.69, 9.17) is 0 Å². The van der Waals surface area contributed by atoms with Gasteiger partial charge in [-0.15, -0.1) is 0 Å². The van der Waals surface area contributed by atoms with Crippen molar-refractivity contribution in [3.05, 3.63) is 18.1 Å². The van der Waals surface area contributed by atoms with Crippen LogP contribution in [0, 0.1) is 0 Å². The van der Waals surface area contributed by atoms with E-state index in [9.17, 15) is 13.2 Å². The highest BCUT2D eigenvalue weighted by molar-refractivity contribution is 7.91. The summed E-state index contributed by atoms with van der Waals surface area (Å²) in [6.07, 6.45) is 3.65. The number of nitrogens with zero attached hydrogens (tertiary/aromatic N) is 5. The molecule has 0 saturated carbocycles. The first kappa shape index (κ1) is 18.1. The molecule has 1 unspecified atom stereocenters. The number of rotatable bonds is 4. The maximum Gasteiger partial charge on any atom is 0.274 e. The minimum Gasteiger partial charge on any atom is -0.354 e. The number of hydrogen-bond donors (Lipinski definition) is 0. The molecule has 0 radical (unpaired) electrons. The highest BCUT2D eigenvalue weighted by Gasteiger charge is 2.31. The smallest absolute Gasteiger partial charge is 0.274 e. The normalized spacial score (nSPS) is 23.6. The number of anilines is 1. The fourth-order valence-electron chi connectivity index (χ4n) is 3.31. The first-order valence-corrected chi connectivity index (χ1v) is 10.5. The SMILES string of the molecule is CCN1CCN(C(=O)c2cnc(N(C)C3CCS(=O)(=O)C3)cn2)CC1. The quantitative estimate of drug-likeness (QED) is 0.733. The molecule has 1 amide bonds. The van der Waals surface area contributed by atoms with E-state index in [1.54, 1.807) is 6.20 Å². The zero-order valence-electron chi connectivity index (χ0n) is 14.8. The van der Waals surface area contributed by atoms with Gasteiger partial charge in [0.2, 0.25) is 0 Å². The van der Waals surface area contributed by atoms with Crippen molar-refractivity contribution >= 4 is 21.6 Å². The van der Waals surface area contributed by atoms with Crippen molar-refractivity contribution in [2.45, 2.75) is 19.4 Å². The van der Waals surface area contributed by atoms with Crippen LogP contribution in [0.2, 0.25) is 0 Å². The second-order valence-electron chi connectivity index (χ2n) is 6.65. The summed E-state index contributed by atoms with van der Waals surface area (Å²) in [7, 11) is -1.13. The summed E-state index contributed by atoms with van der Waals surface area (Å²) in [5.74, 6) is 0.860. The van der Waals surface area contributed by atoms with Gasteiger partial charge in [0.05, 0.1) is 23.9 Å². The number of amides is 1. The van der Waals surface area contributed by atoms with Gasteiger partial charge in [-0.2, -0.15) is 0 Å². The topological polar surface area (TPSA) is 86.7 Å². The zero-order chi connectivity index (χ0) is 18.0. The van der Waals surface area contributed by atoms with Crippen molar-refractivity contribution in [1.82, 2.24) is 19.8 Å². The molecule has 1 aromatic heterocycles. The van der Waals surface area contributed by atoms with Crippen molar-refractivity contribution in [1.29, 1.82) is 0 Å². The van der Waals surface area contributed by atoms with Crippen LogP contribution in [0.1, 0.15) is 23.8 Å². The van der Waals surface area contributed by atoms with Gasteiger partial charge in [-0.25, -0.2) is 18.4 Å². The van der Waals surface area contributed by atoms with Crippen LogP contribution in [0.25, 0.3) is 0 Å². The van der Waals surface area contributed by atoms with Gasteiger partial charge >= 0.3 is 0 Å². The van der Waals surface area contributed by atoms with E-state index in [0.717, 1.165) is 19.6 Å². The van der Waals surface area contributed by atoms with Crippen LogP contribution in [0.5, 0.6) is 0 Å². The van der Waals surface area contributed by atoms with Crippen LogP contribution in [-0.2, 0) is 9.84 Å². The fourth-order valence-corrected chi connectivity index (χ4v) is 5.09. The summed E-state index contributed by atoms with van der Waals surface area (Å²) < 4.78 is 23.2. The molecule has 2 fully saturated rings. The first-order chi connectivity index (χ1) is 11.9. The predicted molar refractivity (Wildman–Crippen MR) is 95.5 cm³/mol. The summed E-state index contributed by atoms with van der Waals surface area (Å²) in [4.78, 5) is 27.1. The lowest BCUT2D eigenvalue weighted by molar-refractivity contribution is 0.0637. The van der Waals surface area contributed by atoms with Crippen LogP contribution >= 0.6 is 0 Å². The maximum absolute atomic E-state index is 12.5. The Bertz CT molecular complexity index is 714. The van der Waals surface area contributed by atoms with Crippen LogP contribution in [0.3, 0.4) is 0 Å². The number of carbonyl (C=O) groups excluding carboxylic acids is 1. The number of hydrogen-bond acceptors (Lipinski definition) is 7. The molecule has 1 atom stereocenters. The Kier molecular flexibility index (Phi) is 5.24. The molecule has 3 heterocycles. The summed E-state index contributed by atoms with van der Waals surface area (Å²) >= 11 is 0. The molecule has 0 bridgehead atoms. The van der Waals surface area contributed by atoms with E-state index in [1.165, 1.54) is 6.20 Å². The van der Waals surface area contributed by atoms with Gasteiger partial charge in [0.25, 0.3) is 5.91 Å². The highest BCUT2D eigenvalue weighted by Crippen LogP contribution is 2.21. The van der Waals surface area contributed by atoms with Gasteiger partial charge < -0.3 is 14.7 Å². The molecule has 2 saturated heterocycles.